The van der Waals surface area contributed by atoms with Gasteiger partial charge in [-0.15, -0.1) is 11.3 Å². The Bertz CT molecular complexity index is 686. The van der Waals surface area contributed by atoms with Crippen molar-refractivity contribution >= 4 is 28.9 Å². The number of carbonyl (C=O) groups is 1. The van der Waals surface area contributed by atoms with Gasteiger partial charge in [-0.3, -0.25) is 4.79 Å². The number of rotatable bonds is 3. The van der Waals surface area contributed by atoms with Crippen LogP contribution >= 0.6 is 11.3 Å². The second-order valence-electron chi connectivity index (χ2n) is 5.68. The van der Waals surface area contributed by atoms with Gasteiger partial charge < -0.3 is 9.80 Å². The van der Waals surface area contributed by atoms with E-state index in [0.29, 0.717) is 5.57 Å². The molecule has 1 amide bonds. The smallest absolute Gasteiger partial charge is 0.254 e. The Morgan fingerprint density at radius 3 is 2.43 bits per heavy atom. The number of likely N-dealkylation sites (N-methyl/N-ethyl adjacent to an activating group) is 1. The van der Waals surface area contributed by atoms with Crippen molar-refractivity contribution < 1.29 is 9.18 Å². The molecule has 0 saturated carbocycles. The normalized spacial score (nSPS) is 16.6. The molecule has 0 atom stereocenters. The third-order valence-corrected chi connectivity index (χ3v) is 4.83. The number of hydrogen-bond donors (Lipinski definition) is 0. The van der Waals surface area contributed by atoms with E-state index in [2.05, 4.69) is 11.9 Å². The highest BCUT2D eigenvalue weighted by Crippen LogP contribution is 2.24. The number of thiophene rings is 1. The van der Waals surface area contributed by atoms with Gasteiger partial charge >= 0.3 is 0 Å². The third kappa shape index (κ3) is 3.86. The highest BCUT2D eigenvalue weighted by atomic mass is 32.1. The van der Waals surface area contributed by atoms with E-state index in [4.69, 9.17) is 0 Å². The molecule has 23 heavy (non-hydrogen) atoms. The SMILES string of the molecule is CN1CCN(C(=O)/C(=C\c2cccs2)c2ccc(F)cc2)CC1. The largest absolute Gasteiger partial charge is 0.336 e. The standard InChI is InChI=1S/C18H19FN2OS/c1-20-8-10-21(11-9-20)18(22)17(13-16-3-2-12-23-16)14-4-6-15(19)7-5-14/h2-7,12-13H,8-11H2,1H3/b17-13-. The van der Waals surface area contributed by atoms with Crippen molar-refractivity contribution in [2.45, 2.75) is 0 Å². The maximum absolute atomic E-state index is 13.2. The summed E-state index contributed by atoms with van der Waals surface area (Å²) in [6.07, 6.45) is 1.90. The molecule has 2 aromatic rings. The molecule has 1 fully saturated rings. The van der Waals surface area contributed by atoms with E-state index in [1.54, 1.807) is 23.5 Å². The molecule has 0 aliphatic carbocycles. The summed E-state index contributed by atoms with van der Waals surface area (Å²) in [5.74, 6) is -0.283. The Labute approximate surface area is 139 Å². The Morgan fingerprint density at radius 2 is 1.83 bits per heavy atom. The number of carbonyl (C=O) groups excluding carboxylic acids is 1. The molecule has 3 nitrogen and oxygen atoms in total. The molecule has 1 aromatic carbocycles. The first-order valence-electron chi connectivity index (χ1n) is 7.62. The molecule has 0 unspecified atom stereocenters. The molecule has 1 aliphatic rings. The molecule has 0 N–H and O–H groups in total. The second kappa shape index (κ2) is 7.06. The van der Waals surface area contributed by atoms with E-state index in [9.17, 15) is 9.18 Å². The Kier molecular flexibility index (Phi) is 4.88. The number of hydrogen-bond acceptors (Lipinski definition) is 3. The monoisotopic (exact) mass is 330 g/mol. The van der Waals surface area contributed by atoms with E-state index in [1.165, 1.54) is 12.1 Å². The molecule has 3 rings (SSSR count). The lowest BCUT2D eigenvalue weighted by Gasteiger charge is -2.33. The number of amides is 1. The first kappa shape index (κ1) is 15.9. The van der Waals surface area contributed by atoms with Crippen molar-refractivity contribution in [1.82, 2.24) is 9.80 Å². The van der Waals surface area contributed by atoms with Crippen LogP contribution in [-0.2, 0) is 4.79 Å². The van der Waals surface area contributed by atoms with Gasteiger partial charge in [0, 0.05) is 36.6 Å². The van der Waals surface area contributed by atoms with Crippen LogP contribution in [0.2, 0.25) is 0 Å². The van der Waals surface area contributed by atoms with Crippen molar-refractivity contribution in [3.63, 3.8) is 0 Å². The maximum Gasteiger partial charge on any atom is 0.254 e. The third-order valence-electron chi connectivity index (χ3n) is 4.01. The van der Waals surface area contributed by atoms with Gasteiger partial charge in [0.05, 0.1) is 0 Å². The minimum atomic E-state index is -0.295. The summed E-state index contributed by atoms with van der Waals surface area (Å²) in [7, 11) is 2.06. The number of nitrogens with zero attached hydrogens (tertiary/aromatic N) is 2. The van der Waals surface area contributed by atoms with Crippen molar-refractivity contribution in [2.24, 2.45) is 0 Å². The zero-order chi connectivity index (χ0) is 16.2. The first-order chi connectivity index (χ1) is 11.1. The van der Waals surface area contributed by atoms with Crippen LogP contribution in [0.1, 0.15) is 10.4 Å². The van der Waals surface area contributed by atoms with Crippen LogP contribution in [0.3, 0.4) is 0 Å². The maximum atomic E-state index is 13.2. The van der Waals surface area contributed by atoms with Crippen molar-refractivity contribution in [3.05, 3.63) is 58.0 Å². The Balaban J connectivity index is 1.92. The Morgan fingerprint density at radius 1 is 1.13 bits per heavy atom. The van der Waals surface area contributed by atoms with Crippen LogP contribution in [0.15, 0.2) is 41.8 Å². The summed E-state index contributed by atoms with van der Waals surface area (Å²) in [6, 6.07) is 10.1. The van der Waals surface area contributed by atoms with E-state index < -0.39 is 0 Å². The topological polar surface area (TPSA) is 23.6 Å². The molecule has 120 valence electrons. The molecule has 0 bridgehead atoms. The number of piperazine rings is 1. The van der Waals surface area contributed by atoms with Crippen molar-refractivity contribution in [3.8, 4) is 0 Å². The van der Waals surface area contributed by atoms with Crippen molar-refractivity contribution in [1.29, 1.82) is 0 Å². The minimum absolute atomic E-state index is 0.0121. The summed E-state index contributed by atoms with van der Waals surface area (Å²) in [5.41, 5.74) is 1.38. The van der Waals surface area contributed by atoms with E-state index in [1.807, 2.05) is 28.5 Å². The average Bonchev–Trinajstić information content (AvgIpc) is 3.07. The number of benzene rings is 1. The quantitative estimate of drug-likeness (QED) is 0.807. The predicted octanol–water partition coefficient (Wildman–Crippen LogP) is 3.20. The van der Waals surface area contributed by atoms with E-state index in [0.717, 1.165) is 36.6 Å². The summed E-state index contributed by atoms with van der Waals surface area (Å²) >= 11 is 1.58. The molecule has 0 spiro atoms. The van der Waals surface area contributed by atoms with Gasteiger partial charge in [-0.2, -0.15) is 0 Å². The average molecular weight is 330 g/mol. The van der Waals surface area contributed by atoms with Crippen LogP contribution in [0, 0.1) is 5.82 Å². The molecular weight excluding hydrogens is 311 g/mol. The van der Waals surface area contributed by atoms with Crippen molar-refractivity contribution in [2.75, 3.05) is 33.2 Å². The summed E-state index contributed by atoms with van der Waals surface area (Å²) in [4.78, 5) is 18.1. The van der Waals surface area contributed by atoms with Crippen LogP contribution in [0.25, 0.3) is 11.6 Å². The molecule has 1 saturated heterocycles. The van der Waals surface area contributed by atoms with Gasteiger partial charge in [-0.25, -0.2) is 4.39 Å². The van der Waals surface area contributed by atoms with E-state index in [-0.39, 0.29) is 11.7 Å². The lowest BCUT2D eigenvalue weighted by atomic mass is 10.0. The predicted molar refractivity (Wildman–Crippen MR) is 92.7 cm³/mol. The second-order valence-corrected chi connectivity index (χ2v) is 6.66. The fourth-order valence-corrected chi connectivity index (χ4v) is 3.25. The van der Waals surface area contributed by atoms with Crippen LogP contribution in [-0.4, -0.2) is 48.9 Å². The van der Waals surface area contributed by atoms with Crippen LogP contribution in [0.5, 0.6) is 0 Å². The van der Waals surface area contributed by atoms with Gasteiger partial charge in [0.2, 0.25) is 0 Å². The summed E-state index contributed by atoms with van der Waals surface area (Å²) in [6.45, 7) is 3.19. The first-order valence-corrected chi connectivity index (χ1v) is 8.50. The van der Waals surface area contributed by atoms with Crippen LogP contribution < -0.4 is 0 Å². The molecule has 2 heterocycles. The lowest BCUT2D eigenvalue weighted by Crippen LogP contribution is -2.47. The minimum Gasteiger partial charge on any atom is -0.336 e. The van der Waals surface area contributed by atoms with Gasteiger partial charge in [0.25, 0.3) is 5.91 Å². The van der Waals surface area contributed by atoms with Gasteiger partial charge in [0.1, 0.15) is 5.82 Å². The summed E-state index contributed by atoms with van der Waals surface area (Å²) < 4.78 is 13.2. The zero-order valence-electron chi connectivity index (χ0n) is 13.0. The summed E-state index contributed by atoms with van der Waals surface area (Å²) in [5, 5.41) is 1.98. The van der Waals surface area contributed by atoms with Gasteiger partial charge in [-0.05, 0) is 42.3 Å². The molecule has 1 aromatic heterocycles. The fourth-order valence-electron chi connectivity index (χ4n) is 2.59. The number of halogens is 1. The molecule has 5 heteroatoms. The van der Waals surface area contributed by atoms with E-state index >= 15 is 0 Å². The molecule has 1 aliphatic heterocycles. The van der Waals surface area contributed by atoms with Gasteiger partial charge in [0.15, 0.2) is 0 Å². The highest BCUT2D eigenvalue weighted by molar-refractivity contribution is 7.11. The fraction of sp³-hybridized carbons (Fsp3) is 0.278. The van der Waals surface area contributed by atoms with Gasteiger partial charge in [-0.1, -0.05) is 18.2 Å². The molecular formula is C18H19FN2OS. The molecule has 0 radical (unpaired) electrons. The highest BCUT2D eigenvalue weighted by Gasteiger charge is 2.23. The lowest BCUT2D eigenvalue weighted by molar-refractivity contribution is -0.126. The zero-order valence-corrected chi connectivity index (χ0v) is 13.9. The Hall–Kier alpha value is -1.98. The van der Waals surface area contributed by atoms with Crippen LogP contribution in [0.4, 0.5) is 4.39 Å².